The summed E-state index contributed by atoms with van der Waals surface area (Å²) >= 11 is 0. The molecule has 0 saturated heterocycles. The Morgan fingerprint density at radius 1 is 1.21 bits per heavy atom. The largest absolute Gasteiger partial charge is 0.385 e. The minimum atomic E-state index is 0.632. The average molecular weight is 189 g/mol. The molecule has 76 valence electrons. The van der Waals surface area contributed by atoms with Gasteiger partial charge in [0.05, 0.1) is 0 Å². The van der Waals surface area contributed by atoms with Gasteiger partial charge in [-0.25, -0.2) is 0 Å². The predicted octanol–water partition coefficient (Wildman–Crippen LogP) is 3.63. The summed E-state index contributed by atoms with van der Waals surface area (Å²) in [6, 6.07) is 8.83. The molecule has 0 bridgehead atoms. The quantitative estimate of drug-likeness (QED) is 0.762. The first kappa shape index (κ1) is 9.57. The molecule has 0 unspecified atom stereocenters. The second-order valence-electron chi connectivity index (χ2n) is 4.60. The highest BCUT2D eigenvalue weighted by Gasteiger charge is 2.20. The Hall–Kier alpha value is -0.980. The monoisotopic (exact) mass is 189 g/mol. The fourth-order valence-electron chi connectivity index (χ4n) is 1.57. The first-order chi connectivity index (χ1) is 6.75. The lowest BCUT2D eigenvalue weighted by Crippen LogP contribution is -2.02. The lowest BCUT2D eigenvalue weighted by molar-refractivity contribution is 0.864. The standard InChI is InChI=1S/C13H19N/c1-10(2)12-5-7-13(8-6-12)14-9-11-3-4-11/h5-8,10-11,14H,3-4,9H2,1-2H3. The summed E-state index contributed by atoms with van der Waals surface area (Å²) in [5.74, 6) is 1.58. The molecule has 0 aromatic heterocycles. The molecular formula is C13H19N. The highest BCUT2D eigenvalue weighted by molar-refractivity contribution is 5.45. The molecule has 1 saturated carbocycles. The zero-order valence-electron chi connectivity index (χ0n) is 9.09. The van der Waals surface area contributed by atoms with Gasteiger partial charge in [-0.3, -0.25) is 0 Å². The van der Waals surface area contributed by atoms with Gasteiger partial charge in [0.15, 0.2) is 0 Å². The number of rotatable bonds is 4. The highest BCUT2D eigenvalue weighted by Crippen LogP contribution is 2.29. The maximum atomic E-state index is 3.47. The van der Waals surface area contributed by atoms with Gasteiger partial charge in [-0.15, -0.1) is 0 Å². The Balaban J connectivity index is 1.91. The zero-order valence-corrected chi connectivity index (χ0v) is 9.09. The van der Waals surface area contributed by atoms with Gasteiger partial charge in [-0.1, -0.05) is 26.0 Å². The predicted molar refractivity (Wildman–Crippen MR) is 61.7 cm³/mol. The lowest BCUT2D eigenvalue weighted by atomic mass is 10.0. The van der Waals surface area contributed by atoms with E-state index >= 15 is 0 Å². The van der Waals surface area contributed by atoms with E-state index in [0.29, 0.717) is 5.92 Å². The van der Waals surface area contributed by atoms with Crippen LogP contribution in [0.25, 0.3) is 0 Å². The molecule has 1 nitrogen and oxygen atoms in total. The van der Waals surface area contributed by atoms with E-state index in [1.54, 1.807) is 0 Å². The van der Waals surface area contributed by atoms with Crippen molar-refractivity contribution in [3.05, 3.63) is 29.8 Å². The van der Waals surface area contributed by atoms with Crippen molar-refractivity contribution in [2.75, 3.05) is 11.9 Å². The first-order valence-electron chi connectivity index (χ1n) is 5.59. The van der Waals surface area contributed by atoms with Gasteiger partial charge < -0.3 is 5.32 Å². The van der Waals surface area contributed by atoms with Gasteiger partial charge in [0.2, 0.25) is 0 Å². The number of hydrogen-bond acceptors (Lipinski definition) is 1. The third kappa shape index (κ3) is 2.50. The minimum Gasteiger partial charge on any atom is -0.385 e. The summed E-state index contributed by atoms with van der Waals surface area (Å²) in [6.45, 7) is 5.61. The van der Waals surface area contributed by atoms with Crippen LogP contribution in [0.5, 0.6) is 0 Å². The van der Waals surface area contributed by atoms with Crippen LogP contribution >= 0.6 is 0 Å². The topological polar surface area (TPSA) is 12.0 Å². The zero-order chi connectivity index (χ0) is 9.97. The Morgan fingerprint density at radius 3 is 2.36 bits per heavy atom. The van der Waals surface area contributed by atoms with Crippen molar-refractivity contribution in [3.8, 4) is 0 Å². The van der Waals surface area contributed by atoms with Crippen LogP contribution in [-0.4, -0.2) is 6.54 Å². The highest BCUT2D eigenvalue weighted by atomic mass is 14.9. The normalized spacial score (nSPS) is 15.9. The van der Waals surface area contributed by atoms with E-state index in [0.717, 1.165) is 12.5 Å². The molecule has 0 atom stereocenters. The molecule has 0 spiro atoms. The average Bonchev–Trinajstić information content (AvgIpc) is 2.99. The van der Waals surface area contributed by atoms with Crippen LogP contribution in [0.1, 0.15) is 38.2 Å². The van der Waals surface area contributed by atoms with Crippen LogP contribution in [0, 0.1) is 5.92 Å². The fourth-order valence-corrected chi connectivity index (χ4v) is 1.57. The Bertz CT molecular complexity index is 283. The SMILES string of the molecule is CC(C)c1ccc(NCC2CC2)cc1. The molecule has 1 aliphatic carbocycles. The van der Waals surface area contributed by atoms with E-state index in [9.17, 15) is 0 Å². The number of benzene rings is 1. The fraction of sp³-hybridized carbons (Fsp3) is 0.538. The first-order valence-corrected chi connectivity index (χ1v) is 5.59. The molecule has 2 rings (SSSR count). The molecular weight excluding hydrogens is 170 g/mol. The Labute approximate surface area is 86.5 Å². The Kier molecular flexibility index (Phi) is 2.76. The van der Waals surface area contributed by atoms with E-state index < -0.39 is 0 Å². The molecule has 1 aromatic carbocycles. The maximum absolute atomic E-state index is 3.47. The summed E-state index contributed by atoms with van der Waals surface area (Å²) in [5, 5.41) is 3.47. The second kappa shape index (κ2) is 4.04. The van der Waals surface area contributed by atoms with Crippen molar-refractivity contribution in [2.45, 2.75) is 32.6 Å². The van der Waals surface area contributed by atoms with Crippen molar-refractivity contribution in [3.63, 3.8) is 0 Å². The van der Waals surface area contributed by atoms with Gasteiger partial charge in [0, 0.05) is 12.2 Å². The minimum absolute atomic E-state index is 0.632. The summed E-state index contributed by atoms with van der Waals surface area (Å²) < 4.78 is 0. The number of anilines is 1. The summed E-state index contributed by atoms with van der Waals surface area (Å²) in [6.07, 6.45) is 2.83. The van der Waals surface area contributed by atoms with E-state index in [1.807, 2.05) is 0 Å². The lowest BCUT2D eigenvalue weighted by Gasteiger charge is -2.08. The number of hydrogen-bond donors (Lipinski definition) is 1. The second-order valence-corrected chi connectivity index (χ2v) is 4.60. The Morgan fingerprint density at radius 2 is 1.86 bits per heavy atom. The summed E-state index contributed by atoms with van der Waals surface area (Å²) in [4.78, 5) is 0. The number of nitrogens with one attached hydrogen (secondary N) is 1. The molecule has 0 amide bonds. The molecule has 1 fully saturated rings. The van der Waals surface area contributed by atoms with Gasteiger partial charge >= 0.3 is 0 Å². The van der Waals surface area contributed by atoms with Crippen molar-refractivity contribution in [2.24, 2.45) is 5.92 Å². The van der Waals surface area contributed by atoms with Crippen molar-refractivity contribution >= 4 is 5.69 Å². The molecule has 1 aliphatic rings. The summed E-state index contributed by atoms with van der Waals surface area (Å²) in [7, 11) is 0. The smallest absolute Gasteiger partial charge is 0.0340 e. The van der Waals surface area contributed by atoms with Gasteiger partial charge in [-0.2, -0.15) is 0 Å². The molecule has 0 aliphatic heterocycles. The molecule has 14 heavy (non-hydrogen) atoms. The van der Waals surface area contributed by atoms with Gasteiger partial charge in [0.25, 0.3) is 0 Å². The van der Waals surface area contributed by atoms with Crippen molar-refractivity contribution < 1.29 is 0 Å². The van der Waals surface area contributed by atoms with Crippen LogP contribution in [0.15, 0.2) is 24.3 Å². The van der Waals surface area contributed by atoms with E-state index in [-0.39, 0.29) is 0 Å². The van der Waals surface area contributed by atoms with Crippen molar-refractivity contribution in [1.29, 1.82) is 0 Å². The molecule has 0 heterocycles. The van der Waals surface area contributed by atoms with Crippen LogP contribution in [-0.2, 0) is 0 Å². The third-order valence-corrected chi connectivity index (χ3v) is 2.87. The van der Waals surface area contributed by atoms with Crippen molar-refractivity contribution in [1.82, 2.24) is 0 Å². The van der Waals surface area contributed by atoms with Crippen LogP contribution in [0.3, 0.4) is 0 Å². The van der Waals surface area contributed by atoms with Crippen LogP contribution in [0.4, 0.5) is 5.69 Å². The summed E-state index contributed by atoms with van der Waals surface area (Å²) in [5.41, 5.74) is 2.68. The molecule has 0 radical (unpaired) electrons. The van der Waals surface area contributed by atoms with E-state index in [4.69, 9.17) is 0 Å². The molecule has 1 heteroatoms. The maximum Gasteiger partial charge on any atom is 0.0340 e. The van der Waals surface area contributed by atoms with Gasteiger partial charge in [0.1, 0.15) is 0 Å². The third-order valence-electron chi connectivity index (χ3n) is 2.87. The van der Waals surface area contributed by atoms with Crippen LogP contribution < -0.4 is 5.32 Å². The van der Waals surface area contributed by atoms with Gasteiger partial charge in [-0.05, 0) is 42.4 Å². The van der Waals surface area contributed by atoms with E-state index in [1.165, 1.54) is 24.1 Å². The molecule has 1 N–H and O–H groups in total. The van der Waals surface area contributed by atoms with E-state index in [2.05, 4.69) is 43.4 Å². The van der Waals surface area contributed by atoms with Crippen LogP contribution in [0.2, 0.25) is 0 Å². The molecule has 1 aromatic rings.